The van der Waals surface area contributed by atoms with Crippen LogP contribution >= 0.6 is 11.3 Å². The fraction of sp³-hybridized carbons (Fsp3) is 0.190. The van der Waals surface area contributed by atoms with E-state index in [1.165, 1.54) is 33.0 Å². The first kappa shape index (κ1) is 15.6. The van der Waals surface area contributed by atoms with Crippen LogP contribution in [0.4, 0.5) is 0 Å². The molecule has 4 nitrogen and oxygen atoms in total. The lowest BCUT2D eigenvalue weighted by Crippen LogP contribution is -2.45. The molecule has 5 rings (SSSR count). The normalized spacial score (nSPS) is 19.6. The van der Waals surface area contributed by atoms with Gasteiger partial charge in [-0.3, -0.25) is 10.1 Å². The van der Waals surface area contributed by atoms with Crippen LogP contribution in [0.2, 0.25) is 0 Å². The summed E-state index contributed by atoms with van der Waals surface area (Å²) < 4.78 is 6.28. The second-order valence-electron chi connectivity index (χ2n) is 6.63. The van der Waals surface area contributed by atoms with Crippen LogP contribution in [0.5, 0.6) is 0 Å². The van der Waals surface area contributed by atoms with Gasteiger partial charge in [0.05, 0.1) is 13.2 Å². The molecule has 0 aliphatic carbocycles. The van der Waals surface area contributed by atoms with Crippen molar-refractivity contribution in [1.82, 2.24) is 10.3 Å². The van der Waals surface area contributed by atoms with Crippen LogP contribution < -0.4 is 5.32 Å². The van der Waals surface area contributed by atoms with Gasteiger partial charge < -0.3 is 9.72 Å². The van der Waals surface area contributed by atoms with Crippen molar-refractivity contribution in [3.63, 3.8) is 0 Å². The topological polar surface area (TPSA) is 54.1 Å². The number of carbonyl (C=O) groups excluding carboxylic acids is 1. The Bertz CT molecular complexity index is 1090. The van der Waals surface area contributed by atoms with E-state index in [0.29, 0.717) is 6.42 Å². The van der Waals surface area contributed by atoms with Crippen molar-refractivity contribution >= 4 is 38.3 Å². The molecule has 0 spiro atoms. The Morgan fingerprint density at radius 2 is 1.96 bits per heavy atom. The van der Waals surface area contributed by atoms with Gasteiger partial charge in [-0.25, -0.2) is 0 Å². The van der Waals surface area contributed by atoms with E-state index < -0.39 is 0 Å². The SMILES string of the molecule is COC(=O)C1Cc2c([nH]c3ccccc23)C(c2cc3ccccc3s2)N1. The van der Waals surface area contributed by atoms with Crippen LogP contribution in [0.1, 0.15) is 22.2 Å². The van der Waals surface area contributed by atoms with E-state index in [0.717, 1.165) is 11.2 Å². The number of fused-ring (bicyclic) bond motifs is 4. The monoisotopic (exact) mass is 362 g/mol. The molecule has 0 saturated heterocycles. The summed E-state index contributed by atoms with van der Waals surface area (Å²) in [5, 5.41) is 5.92. The summed E-state index contributed by atoms with van der Waals surface area (Å²) >= 11 is 1.76. The average Bonchev–Trinajstić information content (AvgIpc) is 3.27. The minimum Gasteiger partial charge on any atom is -0.468 e. The smallest absolute Gasteiger partial charge is 0.323 e. The Balaban J connectivity index is 1.69. The number of nitrogens with one attached hydrogen (secondary N) is 2. The number of rotatable bonds is 2. The third kappa shape index (κ3) is 2.35. The molecule has 0 fully saturated rings. The van der Waals surface area contributed by atoms with Crippen molar-refractivity contribution in [2.24, 2.45) is 0 Å². The first-order chi connectivity index (χ1) is 12.7. The first-order valence-corrected chi connectivity index (χ1v) is 9.48. The maximum atomic E-state index is 12.3. The molecular weight excluding hydrogens is 344 g/mol. The van der Waals surface area contributed by atoms with E-state index in [-0.39, 0.29) is 18.1 Å². The predicted octanol–water partition coefficient (Wildman–Crippen LogP) is 4.16. The van der Waals surface area contributed by atoms with Crippen molar-refractivity contribution in [2.45, 2.75) is 18.5 Å². The Morgan fingerprint density at radius 1 is 1.15 bits per heavy atom. The molecule has 0 amide bonds. The highest BCUT2D eigenvalue weighted by molar-refractivity contribution is 7.19. The number of para-hydroxylation sites is 1. The standard InChI is InChI=1S/C21H18N2O2S/c1-25-21(24)16-11-14-13-7-3-4-8-15(13)22-19(14)20(23-16)18-10-12-6-2-5-9-17(12)26-18/h2-10,16,20,22-23H,11H2,1H3. The van der Waals surface area contributed by atoms with Crippen LogP contribution in [-0.2, 0) is 16.0 Å². The lowest BCUT2D eigenvalue weighted by molar-refractivity contribution is -0.143. The van der Waals surface area contributed by atoms with Crippen LogP contribution in [0.3, 0.4) is 0 Å². The molecule has 0 bridgehead atoms. The van der Waals surface area contributed by atoms with Gasteiger partial charge >= 0.3 is 5.97 Å². The summed E-state index contributed by atoms with van der Waals surface area (Å²) in [6, 6.07) is 18.5. The summed E-state index contributed by atoms with van der Waals surface area (Å²) in [5.41, 5.74) is 3.46. The molecule has 3 heterocycles. The summed E-state index contributed by atoms with van der Waals surface area (Å²) in [6.45, 7) is 0. The van der Waals surface area contributed by atoms with Gasteiger partial charge in [-0.05, 0) is 29.1 Å². The fourth-order valence-corrected chi connectivity index (χ4v) is 5.03. The van der Waals surface area contributed by atoms with Gasteiger partial charge in [0, 0.05) is 32.6 Å². The summed E-state index contributed by atoms with van der Waals surface area (Å²) in [6.07, 6.45) is 0.632. The molecule has 0 radical (unpaired) electrons. The second kappa shape index (κ2) is 5.97. The Kier molecular flexibility index (Phi) is 3.58. The van der Waals surface area contributed by atoms with Gasteiger partial charge in [-0.2, -0.15) is 0 Å². The number of hydrogen-bond donors (Lipinski definition) is 2. The highest BCUT2D eigenvalue weighted by Gasteiger charge is 2.35. The van der Waals surface area contributed by atoms with Gasteiger partial charge in [0.15, 0.2) is 0 Å². The van der Waals surface area contributed by atoms with Crippen molar-refractivity contribution < 1.29 is 9.53 Å². The highest BCUT2D eigenvalue weighted by Crippen LogP contribution is 2.39. The molecule has 2 aromatic carbocycles. The molecule has 1 aliphatic rings. The van der Waals surface area contributed by atoms with E-state index in [4.69, 9.17) is 4.74 Å². The summed E-state index contributed by atoms with van der Waals surface area (Å²) in [7, 11) is 1.45. The molecule has 4 aromatic rings. The quantitative estimate of drug-likeness (QED) is 0.527. The lowest BCUT2D eigenvalue weighted by Gasteiger charge is -2.29. The van der Waals surface area contributed by atoms with Crippen molar-refractivity contribution in [3.8, 4) is 0 Å². The predicted molar refractivity (Wildman–Crippen MR) is 105 cm³/mol. The Labute approximate surface area is 154 Å². The van der Waals surface area contributed by atoms with Crippen LogP contribution in [-0.4, -0.2) is 24.1 Å². The van der Waals surface area contributed by atoms with E-state index in [9.17, 15) is 4.79 Å². The molecule has 5 heteroatoms. The van der Waals surface area contributed by atoms with Crippen molar-refractivity contribution in [3.05, 3.63) is 70.7 Å². The van der Waals surface area contributed by atoms with Crippen LogP contribution in [0, 0.1) is 0 Å². The van der Waals surface area contributed by atoms with Crippen molar-refractivity contribution in [1.29, 1.82) is 0 Å². The van der Waals surface area contributed by atoms with Crippen LogP contribution in [0.15, 0.2) is 54.6 Å². The molecule has 0 saturated carbocycles. The minimum atomic E-state index is -0.345. The maximum absolute atomic E-state index is 12.3. The third-order valence-corrected chi connectivity index (χ3v) is 6.31. The van der Waals surface area contributed by atoms with E-state index in [2.05, 4.69) is 52.8 Å². The number of benzene rings is 2. The molecule has 2 atom stereocenters. The van der Waals surface area contributed by atoms with E-state index >= 15 is 0 Å². The second-order valence-corrected chi connectivity index (χ2v) is 7.74. The van der Waals surface area contributed by atoms with Gasteiger partial charge in [-0.15, -0.1) is 11.3 Å². The average molecular weight is 362 g/mol. The number of esters is 1. The minimum absolute atomic E-state index is 0.0485. The molecular formula is C21H18N2O2S. The molecule has 2 unspecified atom stereocenters. The van der Waals surface area contributed by atoms with Gasteiger partial charge in [0.25, 0.3) is 0 Å². The number of methoxy groups -OCH3 is 1. The molecule has 130 valence electrons. The number of ether oxygens (including phenoxy) is 1. The number of aromatic amines is 1. The fourth-order valence-electron chi connectivity index (χ4n) is 3.90. The molecule has 2 aromatic heterocycles. The van der Waals surface area contributed by atoms with E-state index in [1.54, 1.807) is 11.3 Å². The van der Waals surface area contributed by atoms with Crippen molar-refractivity contribution in [2.75, 3.05) is 7.11 Å². The van der Waals surface area contributed by atoms with Gasteiger partial charge in [0.2, 0.25) is 0 Å². The molecule has 1 aliphatic heterocycles. The van der Waals surface area contributed by atoms with E-state index in [1.807, 2.05) is 12.1 Å². The number of thiophene rings is 1. The van der Waals surface area contributed by atoms with Gasteiger partial charge in [0.1, 0.15) is 6.04 Å². The van der Waals surface area contributed by atoms with Gasteiger partial charge in [-0.1, -0.05) is 36.4 Å². The summed E-state index contributed by atoms with van der Waals surface area (Å²) in [5.74, 6) is -0.216. The zero-order valence-corrected chi connectivity index (χ0v) is 15.1. The number of carbonyl (C=O) groups is 1. The largest absolute Gasteiger partial charge is 0.468 e. The molecule has 26 heavy (non-hydrogen) atoms. The zero-order chi connectivity index (χ0) is 17.7. The Hall–Kier alpha value is -2.63. The molecule has 2 N–H and O–H groups in total. The number of aromatic nitrogens is 1. The number of H-pyrrole nitrogens is 1. The summed E-state index contributed by atoms with van der Waals surface area (Å²) in [4.78, 5) is 17.1. The third-order valence-electron chi connectivity index (χ3n) is 5.13. The first-order valence-electron chi connectivity index (χ1n) is 8.66. The Morgan fingerprint density at radius 3 is 2.81 bits per heavy atom. The number of hydrogen-bond acceptors (Lipinski definition) is 4. The maximum Gasteiger partial charge on any atom is 0.323 e. The zero-order valence-electron chi connectivity index (χ0n) is 14.3. The van der Waals surface area contributed by atoms with Crippen LogP contribution in [0.25, 0.3) is 21.0 Å². The highest BCUT2D eigenvalue weighted by atomic mass is 32.1. The lowest BCUT2D eigenvalue weighted by atomic mass is 9.93.